The van der Waals surface area contributed by atoms with E-state index in [1.807, 2.05) is 19.2 Å². The summed E-state index contributed by atoms with van der Waals surface area (Å²) in [5.74, 6) is 1.33. The molecule has 0 saturated heterocycles. The van der Waals surface area contributed by atoms with Gasteiger partial charge in [-0.2, -0.15) is 0 Å². The van der Waals surface area contributed by atoms with E-state index in [4.69, 9.17) is 4.74 Å². The second-order valence-corrected chi connectivity index (χ2v) is 4.60. The Morgan fingerprint density at radius 2 is 1.68 bits per heavy atom. The van der Waals surface area contributed by atoms with Gasteiger partial charge in [-0.25, -0.2) is 0 Å². The van der Waals surface area contributed by atoms with Gasteiger partial charge in [-0.1, -0.05) is 48.5 Å². The van der Waals surface area contributed by atoms with Crippen LogP contribution in [-0.2, 0) is 0 Å². The Bertz CT molecular complexity index is 496. The summed E-state index contributed by atoms with van der Waals surface area (Å²) in [6.07, 6.45) is 1.06. The van der Waals surface area contributed by atoms with Crippen LogP contribution in [0.1, 0.15) is 23.5 Å². The van der Waals surface area contributed by atoms with Crippen molar-refractivity contribution in [2.75, 3.05) is 20.7 Å². The highest BCUT2D eigenvalue weighted by atomic mass is 16.5. The molecule has 0 radical (unpaired) electrons. The van der Waals surface area contributed by atoms with E-state index in [0.717, 1.165) is 18.7 Å². The number of para-hydroxylation sites is 1. The van der Waals surface area contributed by atoms with Gasteiger partial charge < -0.3 is 10.1 Å². The average molecular weight is 255 g/mol. The van der Waals surface area contributed by atoms with Crippen LogP contribution in [0.3, 0.4) is 0 Å². The first-order valence-electron chi connectivity index (χ1n) is 6.69. The zero-order chi connectivity index (χ0) is 13.5. The van der Waals surface area contributed by atoms with E-state index < -0.39 is 0 Å². The molecule has 2 rings (SSSR count). The lowest BCUT2D eigenvalue weighted by molar-refractivity contribution is 0.406. The van der Waals surface area contributed by atoms with Crippen LogP contribution < -0.4 is 10.1 Å². The first-order chi connectivity index (χ1) is 9.36. The predicted octanol–water partition coefficient (Wildman–Crippen LogP) is 3.44. The monoisotopic (exact) mass is 255 g/mol. The second kappa shape index (κ2) is 6.95. The third-order valence-corrected chi connectivity index (χ3v) is 3.40. The minimum absolute atomic E-state index is 0.366. The molecule has 0 aliphatic rings. The molecule has 0 amide bonds. The van der Waals surface area contributed by atoms with Gasteiger partial charge in [0.25, 0.3) is 0 Å². The van der Waals surface area contributed by atoms with Crippen molar-refractivity contribution >= 4 is 0 Å². The number of nitrogens with one attached hydrogen (secondary N) is 1. The van der Waals surface area contributed by atoms with Gasteiger partial charge in [-0.3, -0.25) is 0 Å². The van der Waals surface area contributed by atoms with Gasteiger partial charge in [0.2, 0.25) is 0 Å². The molecule has 2 nitrogen and oxygen atoms in total. The Kier molecular flexibility index (Phi) is 4.99. The van der Waals surface area contributed by atoms with Gasteiger partial charge in [0.1, 0.15) is 5.75 Å². The molecule has 0 fully saturated rings. The first-order valence-corrected chi connectivity index (χ1v) is 6.69. The molecule has 100 valence electrons. The van der Waals surface area contributed by atoms with Crippen molar-refractivity contribution < 1.29 is 4.74 Å². The molecule has 0 aromatic heterocycles. The summed E-state index contributed by atoms with van der Waals surface area (Å²) in [5.41, 5.74) is 2.59. The molecule has 19 heavy (non-hydrogen) atoms. The van der Waals surface area contributed by atoms with Gasteiger partial charge in [0.15, 0.2) is 0 Å². The highest BCUT2D eigenvalue weighted by Crippen LogP contribution is 2.33. The molecular weight excluding hydrogens is 234 g/mol. The molecule has 2 aromatic rings. The number of rotatable bonds is 6. The van der Waals surface area contributed by atoms with Crippen LogP contribution >= 0.6 is 0 Å². The van der Waals surface area contributed by atoms with Crippen molar-refractivity contribution in [3.8, 4) is 5.75 Å². The topological polar surface area (TPSA) is 21.3 Å². The highest BCUT2D eigenvalue weighted by Gasteiger charge is 2.17. The Morgan fingerprint density at radius 3 is 2.37 bits per heavy atom. The Labute approximate surface area is 115 Å². The van der Waals surface area contributed by atoms with E-state index in [2.05, 4.69) is 47.8 Å². The molecule has 0 aliphatic carbocycles. The summed E-state index contributed by atoms with van der Waals surface area (Å²) in [6.45, 7) is 0.984. The van der Waals surface area contributed by atoms with Crippen LogP contribution in [0, 0.1) is 0 Å². The Hall–Kier alpha value is -1.80. The number of methoxy groups -OCH3 is 1. The van der Waals surface area contributed by atoms with Crippen LogP contribution in [0.5, 0.6) is 5.75 Å². The fourth-order valence-electron chi connectivity index (χ4n) is 2.43. The van der Waals surface area contributed by atoms with Crippen molar-refractivity contribution in [1.82, 2.24) is 5.32 Å². The summed E-state index contributed by atoms with van der Waals surface area (Å²) >= 11 is 0. The third kappa shape index (κ3) is 3.36. The molecule has 0 saturated carbocycles. The number of benzene rings is 2. The summed E-state index contributed by atoms with van der Waals surface area (Å²) in [6, 6.07) is 18.9. The molecule has 0 aliphatic heterocycles. The molecule has 0 spiro atoms. The summed E-state index contributed by atoms with van der Waals surface area (Å²) < 4.78 is 5.51. The quantitative estimate of drug-likeness (QED) is 0.853. The Balaban J connectivity index is 2.37. The molecule has 2 heteroatoms. The van der Waals surface area contributed by atoms with Crippen molar-refractivity contribution in [2.24, 2.45) is 0 Å². The number of ether oxygens (including phenoxy) is 1. The summed E-state index contributed by atoms with van der Waals surface area (Å²) in [5, 5.41) is 3.23. The van der Waals surface area contributed by atoms with E-state index in [9.17, 15) is 0 Å². The van der Waals surface area contributed by atoms with Gasteiger partial charge in [0, 0.05) is 11.5 Å². The van der Waals surface area contributed by atoms with E-state index in [0.29, 0.717) is 5.92 Å². The van der Waals surface area contributed by atoms with Crippen molar-refractivity contribution in [3.05, 3.63) is 65.7 Å². The number of hydrogen-bond donors (Lipinski definition) is 1. The zero-order valence-electron chi connectivity index (χ0n) is 11.6. The minimum Gasteiger partial charge on any atom is -0.496 e. The number of hydrogen-bond acceptors (Lipinski definition) is 2. The van der Waals surface area contributed by atoms with Gasteiger partial charge in [-0.05, 0) is 31.6 Å². The lowest BCUT2D eigenvalue weighted by atomic mass is 9.88. The lowest BCUT2D eigenvalue weighted by Gasteiger charge is -2.20. The van der Waals surface area contributed by atoms with E-state index in [1.165, 1.54) is 11.1 Å². The van der Waals surface area contributed by atoms with Gasteiger partial charge in [0.05, 0.1) is 7.11 Å². The Morgan fingerprint density at radius 1 is 1.00 bits per heavy atom. The largest absolute Gasteiger partial charge is 0.496 e. The minimum atomic E-state index is 0.366. The lowest BCUT2D eigenvalue weighted by Crippen LogP contribution is -2.13. The van der Waals surface area contributed by atoms with E-state index >= 15 is 0 Å². The van der Waals surface area contributed by atoms with E-state index in [1.54, 1.807) is 7.11 Å². The predicted molar refractivity (Wildman–Crippen MR) is 79.8 cm³/mol. The molecule has 1 N–H and O–H groups in total. The maximum absolute atomic E-state index is 5.51. The maximum Gasteiger partial charge on any atom is 0.122 e. The highest BCUT2D eigenvalue weighted by molar-refractivity contribution is 5.42. The van der Waals surface area contributed by atoms with Crippen LogP contribution in [0.2, 0.25) is 0 Å². The van der Waals surface area contributed by atoms with E-state index in [-0.39, 0.29) is 0 Å². The average Bonchev–Trinajstić information content (AvgIpc) is 2.49. The van der Waals surface area contributed by atoms with Crippen LogP contribution in [0.4, 0.5) is 0 Å². The smallest absolute Gasteiger partial charge is 0.122 e. The standard InChI is InChI=1S/C17H21NO/c1-18-13-12-15(14-8-4-3-5-9-14)16-10-6-7-11-17(16)19-2/h3-11,15,18H,12-13H2,1-2H3. The summed E-state index contributed by atoms with van der Waals surface area (Å²) in [7, 11) is 3.73. The normalized spacial score (nSPS) is 12.1. The summed E-state index contributed by atoms with van der Waals surface area (Å²) in [4.78, 5) is 0. The molecule has 0 bridgehead atoms. The molecular formula is C17H21NO. The van der Waals surface area contributed by atoms with Crippen molar-refractivity contribution in [2.45, 2.75) is 12.3 Å². The first kappa shape index (κ1) is 13.6. The van der Waals surface area contributed by atoms with Crippen LogP contribution in [0.25, 0.3) is 0 Å². The zero-order valence-corrected chi connectivity index (χ0v) is 11.6. The van der Waals surface area contributed by atoms with Crippen LogP contribution in [0.15, 0.2) is 54.6 Å². The third-order valence-electron chi connectivity index (χ3n) is 3.40. The SMILES string of the molecule is CNCCC(c1ccccc1)c1ccccc1OC. The second-order valence-electron chi connectivity index (χ2n) is 4.60. The van der Waals surface area contributed by atoms with Crippen LogP contribution in [-0.4, -0.2) is 20.7 Å². The van der Waals surface area contributed by atoms with Crippen molar-refractivity contribution in [3.63, 3.8) is 0 Å². The molecule has 0 heterocycles. The molecule has 1 atom stereocenters. The van der Waals surface area contributed by atoms with Gasteiger partial charge >= 0.3 is 0 Å². The molecule has 1 unspecified atom stereocenters. The fourth-order valence-corrected chi connectivity index (χ4v) is 2.43. The maximum atomic E-state index is 5.51. The van der Waals surface area contributed by atoms with Crippen molar-refractivity contribution in [1.29, 1.82) is 0 Å². The fraction of sp³-hybridized carbons (Fsp3) is 0.294. The van der Waals surface area contributed by atoms with Gasteiger partial charge in [-0.15, -0.1) is 0 Å². The molecule has 2 aromatic carbocycles.